The van der Waals surface area contributed by atoms with E-state index >= 15 is 0 Å². The fraction of sp³-hybridized carbons (Fsp3) is 0.529. The zero-order chi connectivity index (χ0) is 14.5. The second-order valence-corrected chi connectivity index (χ2v) is 5.66. The van der Waals surface area contributed by atoms with E-state index in [1.807, 2.05) is 18.2 Å². The minimum absolute atomic E-state index is 0. The number of hydrogen-bond donors (Lipinski definition) is 2. The van der Waals surface area contributed by atoms with Gasteiger partial charge in [-0.2, -0.15) is 0 Å². The number of aryl methyl sites for hydroxylation is 2. The van der Waals surface area contributed by atoms with Crippen LogP contribution in [0.1, 0.15) is 35.6 Å². The summed E-state index contributed by atoms with van der Waals surface area (Å²) in [6, 6.07) is 4.19. The molecular formula is C17H28Cl2N2O. The molecule has 0 unspecified atom stereocenters. The Hall–Kier alpha value is -0.740. The predicted octanol–water partition coefficient (Wildman–Crippen LogP) is 3.77. The molecule has 1 aromatic rings. The molecule has 2 N–H and O–H groups in total. The Bertz CT molecular complexity index is 451. The number of nitrogens with zero attached hydrogens (tertiary/aromatic N) is 1. The zero-order valence-electron chi connectivity index (χ0n) is 13.5. The lowest BCUT2D eigenvalue weighted by atomic mass is 9.91. The van der Waals surface area contributed by atoms with E-state index in [4.69, 9.17) is 0 Å². The number of hydrogen-bond acceptors (Lipinski definition) is 3. The Kier molecular flexibility index (Phi) is 9.77. The molecule has 1 fully saturated rings. The van der Waals surface area contributed by atoms with Gasteiger partial charge in [0, 0.05) is 32.2 Å². The average Bonchev–Trinajstić information content (AvgIpc) is 2.42. The highest BCUT2D eigenvalue weighted by Crippen LogP contribution is 2.33. The third-order valence-electron chi connectivity index (χ3n) is 4.15. The van der Waals surface area contributed by atoms with Crippen LogP contribution in [0.25, 0.3) is 0 Å². The van der Waals surface area contributed by atoms with Crippen molar-refractivity contribution in [2.45, 2.75) is 32.7 Å². The number of halogens is 2. The molecule has 1 saturated heterocycles. The molecule has 1 aliphatic rings. The number of phenolic OH excluding ortho intramolecular Hbond substituents is 1. The van der Waals surface area contributed by atoms with Crippen LogP contribution in [-0.4, -0.2) is 36.2 Å². The molecule has 0 aliphatic carbocycles. The van der Waals surface area contributed by atoms with Gasteiger partial charge in [0.2, 0.25) is 0 Å². The van der Waals surface area contributed by atoms with E-state index in [-0.39, 0.29) is 24.8 Å². The minimum atomic E-state index is 0. The van der Waals surface area contributed by atoms with E-state index in [2.05, 4.69) is 30.6 Å². The molecule has 0 radical (unpaired) electrons. The van der Waals surface area contributed by atoms with E-state index in [1.54, 1.807) is 0 Å². The first-order valence-electron chi connectivity index (χ1n) is 7.49. The molecule has 1 aromatic carbocycles. The highest BCUT2D eigenvalue weighted by molar-refractivity contribution is 5.85. The van der Waals surface area contributed by atoms with Crippen molar-refractivity contribution in [2.75, 3.05) is 26.2 Å². The maximum atomic E-state index is 9.75. The number of phenols is 1. The van der Waals surface area contributed by atoms with Crippen molar-refractivity contribution < 1.29 is 5.11 Å². The fourth-order valence-corrected chi connectivity index (χ4v) is 3.26. The summed E-state index contributed by atoms with van der Waals surface area (Å²) in [4.78, 5) is 2.56. The van der Waals surface area contributed by atoms with E-state index in [0.717, 1.165) is 39.0 Å². The molecule has 126 valence electrons. The zero-order valence-corrected chi connectivity index (χ0v) is 15.1. The Labute approximate surface area is 146 Å². The van der Waals surface area contributed by atoms with Crippen molar-refractivity contribution in [1.82, 2.24) is 10.2 Å². The summed E-state index contributed by atoms with van der Waals surface area (Å²) >= 11 is 0. The third kappa shape index (κ3) is 5.17. The number of nitrogens with one attached hydrogen (secondary N) is 1. The maximum absolute atomic E-state index is 9.75. The summed E-state index contributed by atoms with van der Waals surface area (Å²) in [6.45, 7) is 12.3. The van der Waals surface area contributed by atoms with Crippen molar-refractivity contribution in [3.63, 3.8) is 0 Å². The number of rotatable bonds is 5. The van der Waals surface area contributed by atoms with Crippen molar-refractivity contribution >= 4 is 24.8 Å². The number of aromatic hydroxyl groups is 1. The molecule has 1 atom stereocenters. The lowest BCUT2D eigenvalue weighted by Gasteiger charge is -2.36. The van der Waals surface area contributed by atoms with Crippen molar-refractivity contribution in [1.29, 1.82) is 0 Å². The molecular weight excluding hydrogens is 319 g/mol. The molecule has 2 rings (SSSR count). The van der Waals surface area contributed by atoms with Crippen molar-refractivity contribution in [3.05, 3.63) is 41.5 Å². The van der Waals surface area contributed by atoms with Crippen molar-refractivity contribution in [2.24, 2.45) is 0 Å². The van der Waals surface area contributed by atoms with Gasteiger partial charge in [-0.25, -0.2) is 0 Å². The van der Waals surface area contributed by atoms with Crippen LogP contribution < -0.4 is 5.32 Å². The average molecular weight is 347 g/mol. The molecule has 22 heavy (non-hydrogen) atoms. The standard InChI is InChI=1S/C17H26N2O.2ClH/c1-4-5-6-16(19-9-7-18-8-10-19)17-13(2)11-15(20)12-14(17)3;;/h4,11-12,16,18,20H,1,5-10H2,2-3H3;2*1H/t16-;;/m1../s1. The van der Waals surface area contributed by atoms with Gasteiger partial charge >= 0.3 is 0 Å². The molecule has 0 saturated carbocycles. The van der Waals surface area contributed by atoms with E-state index in [9.17, 15) is 5.11 Å². The first-order valence-corrected chi connectivity index (χ1v) is 7.49. The van der Waals surface area contributed by atoms with Crippen LogP contribution in [0.15, 0.2) is 24.8 Å². The minimum Gasteiger partial charge on any atom is -0.508 e. The van der Waals surface area contributed by atoms with Crippen LogP contribution in [0.5, 0.6) is 5.75 Å². The summed E-state index contributed by atoms with van der Waals surface area (Å²) in [7, 11) is 0. The second kappa shape index (κ2) is 10.1. The monoisotopic (exact) mass is 346 g/mol. The van der Waals surface area contributed by atoms with Gasteiger partial charge in [0.15, 0.2) is 0 Å². The van der Waals surface area contributed by atoms with Gasteiger partial charge in [-0.3, -0.25) is 4.90 Å². The molecule has 0 bridgehead atoms. The molecule has 0 aromatic heterocycles. The van der Waals surface area contributed by atoms with Gasteiger partial charge in [0.05, 0.1) is 0 Å². The predicted molar refractivity (Wildman–Crippen MR) is 98.7 cm³/mol. The lowest BCUT2D eigenvalue weighted by molar-refractivity contribution is 0.165. The smallest absolute Gasteiger partial charge is 0.116 e. The van der Waals surface area contributed by atoms with Crippen LogP contribution in [-0.2, 0) is 0 Å². The molecule has 1 aliphatic heterocycles. The highest BCUT2D eigenvalue weighted by Gasteiger charge is 2.24. The van der Waals surface area contributed by atoms with Crippen LogP contribution >= 0.6 is 24.8 Å². The number of allylic oxidation sites excluding steroid dienone is 1. The Morgan fingerprint density at radius 1 is 1.23 bits per heavy atom. The topological polar surface area (TPSA) is 35.5 Å². The molecule has 0 amide bonds. The maximum Gasteiger partial charge on any atom is 0.116 e. The van der Waals surface area contributed by atoms with Crippen LogP contribution in [0.3, 0.4) is 0 Å². The fourth-order valence-electron chi connectivity index (χ4n) is 3.26. The Balaban J connectivity index is 0.00000220. The Morgan fingerprint density at radius 2 is 1.77 bits per heavy atom. The largest absolute Gasteiger partial charge is 0.508 e. The van der Waals surface area contributed by atoms with Crippen LogP contribution in [0, 0.1) is 13.8 Å². The normalized spacial score (nSPS) is 16.3. The summed E-state index contributed by atoms with van der Waals surface area (Å²) in [5.74, 6) is 0.367. The molecule has 0 spiro atoms. The van der Waals surface area contributed by atoms with Crippen LogP contribution in [0.2, 0.25) is 0 Å². The highest BCUT2D eigenvalue weighted by atomic mass is 35.5. The van der Waals surface area contributed by atoms with Gasteiger partial charge in [0.25, 0.3) is 0 Å². The first-order chi connectivity index (χ1) is 9.63. The molecule has 5 heteroatoms. The van der Waals surface area contributed by atoms with Crippen LogP contribution in [0.4, 0.5) is 0 Å². The van der Waals surface area contributed by atoms with E-state index < -0.39 is 0 Å². The van der Waals surface area contributed by atoms with Gasteiger partial charge in [-0.1, -0.05) is 6.08 Å². The third-order valence-corrected chi connectivity index (χ3v) is 4.15. The van der Waals surface area contributed by atoms with Gasteiger partial charge < -0.3 is 10.4 Å². The lowest BCUT2D eigenvalue weighted by Crippen LogP contribution is -2.45. The number of piperazine rings is 1. The van der Waals surface area contributed by atoms with Gasteiger partial charge in [-0.15, -0.1) is 31.4 Å². The molecule has 1 heterocycles. The summed E-state index contributed by atoms with van der Waals surface area (Å²) in [5, 5.41) is 13.2. The van der Waals surface area contributed by atoms with Gasteiger partial charge in [-0.05, 0) is 55.5 Å². The summed E-state index contributed by atoms with van der Waals surface area (Å²) < 4.78 is 0. The van der Waals surface area contributed by atoms with Crippen molar-refractivity contribution in [3.8, 4) is 5.75 Å². The molecule has 3 nitrogen and oxygen atoms in total. The second-order valence-electron chi connectivity index (χ2n) is 5.66. The first kappa shape index (κ1) is 21.3. The Morgan fingerprint density at radius 3 is 2.27 bits per heavy atom. The summed E-state index contributed by atoms with van der Waals surface area (Å²) in [6.07, 6.45) is 4.12. The van der Waals surface area contributed by atoms with Gasteiger partial charge in [0.1, 0.15) is 5.75 Å². The SMILES string of the molecule is C=CCC[C@H](c1c(C)cc(O)cc1C)N1CCNCC1.Cl.Cl. The van der Waals surface area contributed by atoms with E-state index in [0.29, 0.717) is 11.8 Å². The van der Waals surface area contributed by atoms with E-state index in [1.165, 1.54) is 16.7 Å². The quantitative estimate of drug-likeness (QED) is 0.796. The number of benzene rings is 1. The summed E-state index contributed by atoms with van der Waals surface area (Å²) in [5.41, 5.74) is 3.76.